The van der Waals surface area contributed by atoms with Gasteiger partial charge in [0.25, 0.3) is 0 Å². The second kappa shape index (κ2) is 8.56. The van der Waals surface area contributed by atoms with Crippen molar-refractivity contribution in [2.24, 2.45) is 11.3 Å². The second-order valence-electron chi connectivity index (χ2n) is 5.57. The van der Waals surface area contributed by atoms with Crippen LogP contribution in [0.1, 0.15) is 80.6 Å². The molecule has 0 radical (unpaired) electrons. The number of allylic oxidation sites excluding steroid dienone is 4. The average Bonchev–Trinajstić information content (AvgIpc) is 2.54. The smallest absolute Gasteiger partial charge is 0.00273 e. The second-order valence-corrected chi connectivity index (χ2v) is 5.57. The molecule has 0 nitrogen and oxygen atoms in total. The van der Waals surface area contributed by atoms with Crippen LogP contribution in [0.4, 0.5) is 0 Å². The molecule has 0 aromatic carbocycles. The van der Waals surface area contributed by atoms with Gasteiger partial charge < -0.3 is 0 Å². The van der Waals surface area contributed by atoms with Crippen LogP contribution in [0.15, 0.2) is 23.3 Å². The summed E-state index contributed by atoms with van der Waals surface area (Å²) in [6, 6.07) is 0. The van der Waals surface area contributed by atoms with Gasteiger partial charge >= 0.3 is 0 Å². The minimum atomic E-state index is 0.438. The van der Waals surface area contributed by atoms with E-state index < -0.39 is 0 Å². The lowest BCUT2D eigenvalue weighted by Crippen LogP contribution is -2.28. The van der Waals surface area contributed by atoms with Crippen LogP contribution in [-0.4, -0.2) is 0 Å². The zero-order valence-corrected chi connectivity index (χ0v) is 13.8. The highest BCUT2D eigenvalue weighted by Crippen LogP contribution is 2.48. The van der Waals surface area contributed by atoms with Crippen LogP contribution in [-0.2, 0) is 0 Å². The Balaban J connectivity index is 0.00000137. The summed E-state index contributed by atoms with van der Waals surface area (Å²) < 4.78 is 0. The molecule has 1 unspecified atom stereocenters. The Morgan fingerprint density at radius 2 is 1.83 bits per heavy atom. The molecule has 0 aromatic rings. The maximum Gasteiger partial charge on any atom is -0.00273 e. The molecule has 0 heterocycles. The minimum absolute atomic E-state index is 0.438. The van der Waals surface area contributed by atoms with Crippen LogP contribution in [0.25, 0.3) is 0 Å². The largest absolute Gasteiger partial charge is 0.0874 e. The molecule has 0 N–H and O–H groups in total. The Labute approximate surface area is 116 Å². The minimum Gasteiger partial charge on any atom is -0.0874 e. The molecule has 0 aliphatic heterocycles. The van der Waals surface area contributed by atoms with Crippen LogP contribution >= 0.6 is 0 Å². The van der Waals surface area contributed by atoms with Gasteiger partial charge in [0.15, 0.2) is 0 Å². The summed E-state index contributed by atoms with van der Waals surface area (Å²) in [4.78, 5) is 0. The Morgan fingerprint density at radius 1 is 1.22 bits per heavy atom. The lowest BCUT2D eigenvalue weighted by Gasteiger charge is -2.39. The fraction of sp³-hybridized carbons (Fsp3) is 0.778. The van der Waals surface area contributed by atoms with E-state index in [2.05, 4.69) is 46.8 Å². The van der Waals surface area contributed by atoms with Crippen LogP contribution in [0, 0.1) is 11.3 Å². The van der Waals surface area contributed by atoms with Gasteiger partial charge in [0.1, 0.15) is 0 Å². The van der Waals surface area contributed by atoms with Gasteiger partial charge in [-0.15, -0.1) is 0 Å². The zero-order chi connectivity index (χ0) is 14.2. The predicted octanol–water partition coefficient (Wildman–Crippen LogP) is 6.53. The average molecular weight is 250 g/mol. The first-order chi connectivity index (χ1) is 8.58. The standard InChI is InChI=1S/C16H28.C2H6/c1-6-10-15-14(5)11-8-9-12-16(15,7-2)13(3)4;1-2/h6,10,13H,7-9,11-12H2,1-5H3;1-2H3/b10-6-;. The molecule has 1 atom stereocenters. The van der Waals surface area contributed by atoms with Crippen molar-refractivity contribution in [3.8, 4) is 0 Å². The first-order valence-corrected chi connectivity index (χ1v) is 7.91. The van der Waals surface area contributed by atoms with E-state index in [1.807, 2.05) is 13.8 Å². The molecule has 1 aliphatic rings. The molecule has 106 valence electrons. The zero-order valence-electron chi connectivity index (χ0n) is 13.8. The Kier molecular flexibility index (Phi) is 8.31. The molecule has 18 heavy (non-hydrogen) atoms. The molecule has 0 heteroatoms. The molecule has 0 saturated carbocycles. The van der Waals surface area contributed by atoms with E-state index in [0.717, 1.165) is 5.92 Å². The van der Waals surface area contributed by atoms with Crippen molar-refractivity contribution >= 4 is 0 Å². The molecule has 1 rings (SSSR count). The fourth-order valence-corrected chi connectivity index (χ4v) is 3.37. The summed E-state index contributed by atoms with van der Waals surface area (Å²) in [7, 11) is 0. The summed E-state index contributed by atoms with van der Waals surface area (Å²) in [6.45, 7) is 15.6. The Morgan fingerprint density at radius 3 is 2.28 bits per heavy atom. The van der Waals surface area contributed by atoms with Gasteiger partial charge in [-0.3, -0.25) is 0 Å². The van der Waals surface area contributed by atoms with Gasteiger partial charge in [-0.2, -0.15) is 0 Å². The van der Waals surface area contributed by atoms with Gasteiger partial charge in [-0.05, 0) is 56.4 Å². The lowest BCUT2D eigenvalue weighted by atomic mass is 9.66. The van der Waals surface area contributed by atoms with Crippen LogP contribution in [0.2, 0.25) is 0 Å². The summed E-state index contributed by atoms with van der Waals surface area (Å²) in [5.74, 6) is 0.747. The maximum atomic E-state index is 2.39. The highest BCUT2D eigenvalue weighted by atomic mass is 14.4. The third-order valence-electron chi connectivity index (χ3n) is 4.49. The molecule has 0 aromatic heterocycles. The van der Waals surface area contributed by atoms with Crippen molar-refractivity contribution in [3.63, 3.8) is 0 Å². The van der Waals surface area contributed by atoms with Gasteiger partial charge in [-0.25, -0.2) is 0 Å². The van der Waals surface area contributed by atoms with Crippen LogP contribution in [0.3, 0.4) is 0 Å². The number of rotatable bonds is 3. The van der Waals surface area contributed by atoms with Gasteiger partial charge in [0, 0.05) is 0 Å². The monoisotopic (exact) mass is 250 g/mol. The lowest BCUT2D eigenvalue weighted by molar-refractivity contribution is 0.217. The number of hydrogen-bond acceptors (Lipinski definition) is 0. The Bertz CT molecular complexity index is 280. The van der Waals surface area contributed by atoms with E-state index in [1.165, 1.54) is 32.1 Å². The quantitative estimate of drug-likeness (QED) is 0.534. The van der Waals surface area contributed by atoms with Crippen molar-refractivity contribution < 1.29 is 0 Å². The molecule has 0 fully saturated rings. The third kappa shape index (κ3) is 3.73. The summed E-state index contributed by atoms with van der Waals surface area (Å²) in [5.41, 5.74) is 3.71. The highest BCUT2D eigenvalue weighted by Gasteiger charge is 2.36. The Hall–Kier alpha value is -0.520. The van der Waals surface area contributed by atoms with E-state index in [-0.39, 0.29) is 0 Å². The molecule has 0 spiro atoms. The fourth-order valence-electron chi connectivity index (χ4n) is 3.37. The SMILES string of the molecule is C/C=C\C1=C(C)CCCCC1(CC)C(C)C.CC. The summed E-state index contributed by atoms with van der Waals surface area (Å²) in [6.07, 6.45) is 11.3. The van der Waals surface area contributed by atoms with Crippen molar-refractivity contribution in [3.05, 3.63) is 23.3 Å². The topological polar surface area (TPSA) is 0 Å². The highest BCUT2D eigenvalue weighted by molar-refractivity contribution is 5.33. The maximum absolute atomic E-state index is 2.39. The van der Waals surface area contributed by atoms with Crippen molar-refractivity contribution in [1.82, 2.24) is 0 Å². The molecular formula is C18H34. The van der Waals surface area contributed by atoms with Crippen LogP contribution < -0.4 is 0 Å². The van der Waals surface area contributed by atoms with E-state index in [1.54, 1.807) is 11.1 Å². The third-order valence-corrected chi connectivity index (χ3v) is 4.49. The van der Waals surface area contributed by atoms with Crippen molar-refractivity contribution in [2.75, 3.05) is 0 Å². The van der Waals surface area contributed by atoms with Crippen molar-refractivity contribution in [1.29, 1.82) is 0 Å². The molecular weight excluding hydrogens is 216 g/mol. The van der Waals surface area contributed by atoms with Gasteiger partial charge in [0.2, 0.25) is 0 Å². The predicted molar refractivity (Wildman–Crippen MR) is 84.9 cm³/mol. The van der Waals surface area contributed by atoms with Crippen LogP contribution in [0.5, 0.6) is 0 Å². The van der Waals surface area contributed by atoms with Gasteiger partial charge in [0.05, 0.1) is 0 Å². The van der Waals surface area contributed by atoms with E-state index in [4.69, 9.17) is 0 Å². The van der Waals surface area contributed by atoms with E-state index >= 15 is 0 Å². The summed E-state index contributed by atoms with van der Waals surface area (Å²) in [5, 5.41) is 0. The van der Waals surface area contributed by atoms with Crippen molar-refractivity contribution in [2.45, 2.75) is 80.6 Å². The number of hydrogen-bond donors (Lipinski definition) is 0. The normalized spacial score (nSPS) is 25.1. The molecule has 0 saturated heterocycles. The molecule has 0 amide bonds. The van der Waals surface area contributed by atoms with E-state index in [0.29, 0.717) is 5.41 Å². The summed E-state index contributed by atoms with van der Waals surface area (Å²) >= 11 is 0. The first kappa shape index (κ1) is 17.5. The first-order valence-electron chi connectivity index (χ1n) is 7.91. The van der Waals surface area contributed by atoms with Gasteiger partial charge in [-0.1, -0.05) is 58.8 Å². The van der Waals surface area contributed by atoms with E-state index in [9.17, 15) is 0 Å². The molecule has 1 aliphatic carbocycles. The molecule has 0 bridgehead atoms.